The summed E-state index contributed by atoms with van der Waals surface area (Å²) >= 11 is 1.49. The van der Waals surface area contributed by atoms with Crippen molar-refractivity contribution in [3.8, 4) is 0 Å². The summed E-state index contributed by atoms with van der Waals surface area (Å²) in [4.78, 5) is 30.9. The quantitative estimate of drug-likeness (QED) is 0.692. The van der Waals surface area contributed by atoms with E-state index in [1.54, 1.807) is 12.1 Å². The lowest BCUT2D eigenvalue weighted by Crippen LogP contribution is -2.42. The Balaban J connectivity index is 1.62. The molecule has 1 aromatic heterocycles. The standard InChI is InChI=1S/C23H25FN2O2S/c1-15-12-16(2)14-25(13-15)21-20(19-4-3-11-29-19)22(27)26(23(21)28)10-9-17-5-7-18(24)8-6-17/h3-8,11,15-16H,9-10,12-14H2,1-2H3. The summed E-state index contributed by atoms with van der Waals surface area (Å²) in [6.07, 6.45) is 1.64. The minimum Gasteiger partial charge on any atom is -0.366 e. The van der Waals surface area contributed by atoms with Crippen LogP contribution in [0.5, 0.6) is 0 Å². The van der Waals surface area contributed by atoms with Gasteiger partial charge in [0.15, 0.2) is 0 Å². The third-order valence-electron chi connectivity index (χ3n) is 5.63. The predicted molar refractivity (Wildman–Crippen MR) is 113 cm³/mol. The van der Waals surface area contributed by atoms with Crippen molar-refractivity contribution in [1.82, 2.24) is 9.80 Å². The van der Waals surface area contributed by atoms with Gasteiger partial charge in [0.2, 0.25) is 0 Å². The molecule has 2 aliphatic rings. The SMILES string of the molecule is CC1CC(C)CN(C2=C(c3cccs3)C(=O)N(CCc3ccc(F)cc3)C2=O)C1. The molecule has 0 bridgehead atoms. The Bertz CT molecular complexity index is 926. The number of likely N-dealkylation sites (tertiary alicyclic amines) is 1. The lowest BCUT2D eigenvalue weighted by Gasteiger charge is -2.37. The van der Waals surface area contributed by atoms with Crippen LogP contribution in [0.3, 0.4) is 0 Å². The first-order valence-electron chi connectivity index (χ1n) is 10.1. The molecular formula is C23H25FN2O2S. The van der Waals surface area contributed by atoms with Crippen molar-refractivity contribution in [1.29, 1.82) is 0 Å². The van der Waals surface area contributed by atoms with E-state index in [4.69, 9.17) is 0 Å². The number of thiophene rings is 1. The summed E-state index contributed by atoms with van der Waals surface area (Å²) in [6, 6.07) is 10.0. The minimum atomic E-state index is -0.292. The van der Waals surface area contributed by atoms with Gasteiger partial charge in [-0.15, -0.1) is 11.3 Å². The number of rotatable bonds is 5. The van der Waals surface area contributed by atoms with Crippen molar-refractivity contribution in [2.75, 3.05) is 19.6 Å². The number of piperidine rings is 1. The monoisotopic (exact) mass is 412 g/mol. The lowest BCUT2D eigenvalue weighted by atomic mass is 9.91. The third-order valence-corrected chi connectivity index (χ3v) is 6.52. The van der Waals surface area contributed by atoms with Crippen molar-refractivity contribution in [2.24, 2.45) is 11.8 Å². The summed E-state index contributed by atoms with van der Waals surface area (Å²) < 4.78 is 13.2. The highest BCUT2D eigenvalue weighted by Crippen LogP contribution is 2.36. The molecule has 2 atom stereocenters. The van der Waals surface area contributed by atoms with Crippen LogP contribution in [0.1, 0.15) is 30.7 Å². The van der Waals surface area contributed by atoms with E-state index in [1.165, 1.54) is 28.4 Å². The Morgan fingerprint density at radius 3 is 2.34 bits per heavy atom. The second-order valence-electron chi connectivity index (χ2n) is 8.19. The second-order valence-corrected chi connectivity index (χ2v) is 9.14. The highest BCUT2D eigenvalue weighted by atomic mass is 32.1. The zero-order valence-corrected chi connectivity index (χ0v) is 17.5. The van der Waals surface area contributed by atoms with Gasteiger partial charge in [0.05, 0.1) is 5.57 Å². The largest absolute Gasteiger partial charge is 0.366 e. The third kappa shape index (κ3) is 3.99. The molecule has 4 nitrogen and oxygen atoms in total. The van der Waals surface area contributed by atoms with Crippen LogP contribution in [0, 0.1) is 17.7 Å². The van der Waals surface area contributed by atoms with Gasteiger partial charge in [-0.25, -0.2) is 4.39 Å². The molecule has 0 aliphatic carbocycles. The Hall–Kier alpha value is -2.47. The van der Waals surface area contributed by atoms with Crippen LogP contribution < -0.4 is 0 Å². The number of nitrogens with zero attached hydrogens (tertiary/aromatic N) is 2. The molecule has 4 rings (SSSR count). The normalized spacial score (nSPS) is 22.7. The number of amides is 2. The molecule has 29 heavy (non-hydrogen) atoms. The Morgan fingerprint density at radius 2 is 1.72 bits per heavy atom. The molecule has 0 saturated carbocycles. The molecule has 3 heterocycles. The molecule has 1 fully saturated rings. The van der Waals surface area contributed by atoms with E-state index in [-0.39, 0.29) is 17.6 Å². The lowest BCUT2D eigenvalue weighted by molar-refractivity contribution is -0.137. The van der Waals surface area contributed by atoms with E-state index in [2.05, 4.69) is 18.7 Å². The Morgan fingerprint density at radius 1 is 1.03 bits per heavy atom. The van der Waals surface area contributed by atoms with Crippen molar-refractivity contribution < 1.29 is 14.0 Å². The zero-order valence-electron chi connectivity index (χ0n) is 16.7. The molecule has 152 valence electrons. The maximum Gasteiger partial charge on any atom is 0.277 e. The van der Waals surface area contributed by atoms with Gasteiger partial charge in [-0.3, -0.25) is 14.5 Å². The molecule has 1 aromatic carbocycles. The smallest absolute Gasteiger partial charge is 0.277 e. The highest BCUT2D eigenvalue weighted by Gasteiger charge is 2.42. The van der Waals surface area contributed by atoms with Gasteiger partial charge in [0.1, 0.15) is 11.5 Å². The van der Waals surface area contributed by atoms with Gasteiger partial charge in [-0.05, 0) is 53.8 Å². The molecule has 2 amide bonds. The van der Waals surface area contributed by atoms with Gasteiger partial charge < -0.3 is 4.90 Å². The summed E-state index contributed by atoms with van der Waals surface area (Å²) in [6.45, 7) is 6.27. The number of hydrogen-bond acceptors (Lipinski definition) is 4. The molecular weight excluding hydrogens is 387 g/mol. The van der Waals surface area contributed by atoms with Crippen molar-refractivity contribution in [3.05, 3.63) is 63.7 Å². The number of carbonyl (C=O) groups excluding carboxylic acids is 2. The first-order chi connectivity index (χ1) is 13.9. The number of carbonyl (C=O) groups is 2. The average molecular weight is 413 g/mol. The molecule has 0 N–H and O–H groups in total. The van der Waals surface area contributed by atoms with Gasteiger partial charge in [0.25, 0.3) is 11.8 Å². The van der Waals surface area contributed by atoms with Crippen LogP contribution in [0.25, 0.3) is 5.57 Å². The Kier molecular flexibility index (Phi) is 5.54. The summed E-state index contributed by atoms with van der Waals surface area (Å²) in [7, 11) is 0. The molecule has 0 spiro atoms. The van der Waals surface area contributed by atoms with Gasteiger partial charge in [-0.2, -0.15) is 0 Å². The fraction of sp³-hybridized carbons (Fsp3) is 0.391. The fourth-order valence-electron chi connectivity index (χ4n) is 4.44. The maximum absolute atomic E-state index is 13.4. The van der Waals surface area contributed by atoms with E-state index in [0.717, 1.165) is 30.0 Å². The first-order valence-corrected chi connectivity index (χ1v) is 11.0. The molecule has 1 saturated heterocycles. The molecule has 0 radical (unpaired) electrons. The second kappa shape index (κ2) is 8.11. The van der Waals surface area contributed by atoms with Crippen LogP contribution in [-0.4, -0.2) is 41.2 Å². The van der Waals surface area contributed by atoms with Crippen molar-refractivity contribution in [2.45, 2.75) is 26.7 Å². The first kappa shape index (κ1) is 19.8. The van der Waals surface area contributed by atoms with Gasteiger partial charge >= 0.3 is 0 Å². The molecule has 2 aliphatic heterocycles. The van der Waals surface area contributed by atoms with Crippen molar-refractivity contribution >= 4 is 28.7 Å². The van der Waals surface area contributed by atoms with Crippen LogP contribution in [0.2, 0.25) is 0 Å². The summed E-state index contributed by atoms with van der Waals surface area (Å²) in [5, 5.41) is 1.93. The van der Waals surface area contributed by atoms with E-state index >= 15 is 0 Å². The van der Waals surface area contributed by atoms with E-state index < -0.39 is 0 Å². The predicted octanol–water partition coefficient (Wildman–Crippen LogP) is 4.19. The van der Waals surface area contributed by atoms with Crippen LogP contribution in [0.4, 0.5) is 4.39 Å². The van der Waals surface area contributed by atoms with Crippen LogP contribution >= 0.6 is 11.3 Å². The number of benzene rings is 1. The van der Waals surface area contributed by atoms with Gasteiger partial charge in [0, 0.05) is 24.5 Å². The molecule has 6 heteroatoms. The van der Waals surface area contributed by atoms with Crippen molar-refractivity contribution in [3.63, 3.8) is 0 Å². The summed E-state index contributed by atoms with van der Waals surface area (Å²) in [5.74, 6) is 0.237. The molecule has 2 unspecified atom stereocenters. The van der Waals surface area contributed by atoms with Crippen LogP contribution in [0.15, 0.2) is 47.5 Å². The minimum absolute atomic E-state index is 0.207. The maximum atomic E-state index is 13.4. The number of imide groups is 1. The Labute approximate surface area is 174 Å². The number of hydrogen-bond donors (Lipinski definition) is 0. The van der Waals surface area contributed by atoms with Crippen LogP contribution in [-0.2, 0) is 16.0 Å². The average Bonchev–Trinajstić information content (AvgIpc) is 3.27. The number of halogens is 1. The fourth-order valence-corrected chi connectivity index (χ4v) is 5.20. The molecule has 2 aromatic rings. The highest BCUT2D eigenvalue weighted by molar-refractivity contribution is 7.11. The van der Waals surface area contributed by atoms with Gasteiger partial charge in [-0.1, -0.05) is 32.0 Å². The summed E-state index contributed by atoms with van der Waals surface area (Å²) in [5.41, 5.74) is 1.98. The topological polar surface area (TPSA) is 40.6 Å². The van der Waals surface area contributed by atoms with E-state index in [1.807, 2.05) is 17.5 Å². The zero-order chi connectivity index (χ0) is 20.5. The van der Waals surface area contributed by atoms with E-state index in [9.17, 15) is 14.0 Å². The van der Waals surface area contributed by atoms with E-state index in [0.29, 0.717) is 36.1 Å².